The van der Waals surface area contributed by atoms with Crippen LogP contribution in [0.1, 0.15) is 45.6 Å². The van der Waals surface area contributed by atoms with Gasteiger partial charge in [-0.05, 0) is 17.4 Å². The highest BCUT2D eigenvalue weighted by atomic mass is 16.5. The number of hydrogen-bond acceptors (Lipinski definition) is 5. The molecule has 1 N–H and O–H groups in total. The van der Waals surface area contributed by atoms with Gasteiger partial charge in [-0.25, -0.2) is 0 Å². The molecule has 1 aromatic carbocycles. The Morgan fingerprint density at radius 2 is 1.96 bits per heavy atom. The molecule has 0 saturated carbocycles. The standard InChI is InChI=1S/C21H27NO4/c1-5-9-15(22-13-14-10-7-6-8-11-14)17-16(23)12-21(2,3)18(19(17)24)20(25)26-4/h6-8,10-11,18,24H,5,9,12-13H2,1-4H3/t18-/m0/s1. The minimum absolute atomic E-state index is 0.167. The van der Waals surface area contributed by atoms with Gasteiger partial charge in [0.05, 0.1) is 19.2 Å². The Bertz CT molecular complexity index is 732. The predicted octanol–water partition coefficient (Wildman–Crippen LogP) is 4.03. The second-order valence-electron chi connectivity index (χ2n) is 7.30. The van der Waals surface area contributed by atoms with Crippen LogP contribution < -0.4 is 0 Å². The molecule has 1 aliphatic rings. The highest BCUT2D eigenvalue weighted by Crippen LogP contribution is 2.42. The number of aliphatic hydroxyl groups is 1. The highest BCUT2D eigenvalue weighted by molar-refractivity contribution is 6.23. The van der Waals surface area contributed by atoms with Crippen LogP contribution in [-0.2, 0) is 20.9 Å². The maximum atomic E-state index is 12.8. The average Bonchev–Trinajstić information content (AvgIpc) is 2.59. The molecule has 0 aromatic heterocycles. The van der Waals surface area contributed by atoms with Gasteiger partial charge < -0.3 is 9.84 Å². The van der Waals surface area contributed by atoms with E-state index in [4.69, 9.17) is 4.74 Å². The number of ketones is 1. The summed E-state index contributed by atoms with van der Waals surface area (Å²) in [6.07, 6.45) is 1.51. The number of ether oxygens (including phenoxy) is 1. The van der Waals surface area contributed by atoms with Crippen LogP contribution in [0, 0.1) is 11.3 Å². The van der Waals surface area contributed by atoms with Gasteiger partial charge in [0, 0.05) is 12.1 Å². The van der Waals surface area contributed by atoms with Crippen LogP contribution in [0.4, 0.5) is 0 Å². The van der Waals surface area contributed by atoms with Crippen molar-refractivity contribution >= 4 is 17.5 Å². The summed E-state index contributed by atoms with van der Waals surface area (Å²) >= 11 is 0. The normalized spacial score (nSPS) is 20.2. The molecule has 1 aromatic rings. The van der Waals surface area contributed by atoms with Gasteiger partial charge in [-0.3, -0.25) is 14.6 Å². The first-order valence-corrected chi connectivity index (χ1v) is 8.93. The minimum atomic E-state index is -0.862. The lowest BCUT2D eigenvalue weighted by Crippen LogP contribution is -2.41. The Morgan fingerprint density at radius 3 is 2.54 bits per heavy atom. The summed E-state index contributed by atoms with van der Waals surface area (Å²) in [4.78, 5) is 29.6. The van der Waals surface area contributed by atoms with Gasteiger partial charge in [-0.15, -0.1) is 0 Å². The third kappa shape index (κ3) is 4.21. The van der Waals surface area contributed by atoms with Crippen molar-refractivity contribution in [3.05, 3.63) is 47.2 Å². The van der Waals surface area contributed by atoms with Crippen molar-refractivity contribution in [1.82, 2.24) is 0 Å². The zero-order valence-electron chi connectivity index (χ0n) is 15.9. The van der Waals surface area contributed by atoms with Crippen molar-refractivity contribution < 1.29 is 19.4 Å². The number of carbonyl (C=O) groups excluding carboxylic acids is 2. The summed E-state index contributed by atoms with van der Waals surface area (Å²) in [5, 5.41) is 10.8. The molecule has 0 heterocycles. The number of rotatable bonds is 6. The lowest BCUT2D eigenvalue weighted by molar-refractivity contribution is -0.150. The predicted molar refractivity (Wildman–Crippen MR) is 101 cm³/mol. The Morgan fingerprint density at radius 1 is 1.31 bits per heavy atom. The summed E-state index contributed by atoms with van der Waals surface area (Å²) in [6.45, 7) is 6.00. The van der Waals surface area contributed by atoms with Crippen LogP contribution in [-0.4, -0.2) is 29.7 Å². The van der Waals surface area contributed by atoms with Crippen molar-refractivity contribution in [2.24, 2.45) is 16.3 Å². The van der Waals surface area contributed by atoms with Gasteiger partial charge in [0.15, 0.2) is 5.78 Å². The number of benzene rings is 1. The van der Waals surface area contributed by atoms with Crippen LogP contribution in [0.3, 0.4) is 0 Å². The van der Waals surface area contributed by atoms with Gasteiger partial charge in [0.1, 0.15) is 11.7 Å². The van der Waals surface area contributed by atoms with E-state index in [2.05, 4.69) is 4.99 Å². The van der Waals surface area contributed by atoms with Gasteiger partial charge in [0.2, 0.25) is 0 Å². The van der Waals surface area contributed by atoms with Crippen LogP contribution in [0.15, 0.2) is 46.7 Å². The fourth-order valence-electron chi connectivity index (χ4n) is 3.41. The third-order valence-electron chi connectivity index (χ3n) is 4.71. The monoisotopic (exact) mass is 357 g/mol. The van der Waals surface area contributed by atoms with Crippen molar-refractivity contribution in [3.63, 3.8) is 0 Å². The van der Waals surface area contributed by atoms with E-state index < -0.39 is 17.3 Å². The maximum absolute atomic E-state index is 12.8. The Hall–Kier alpha value is -2.43. The minimum Gasteiger partial charge on any atom is -0.511 e. The van der Waals surface area contributed by atoms with Crippen molar-refractivity contribution in [2.45, 2.75) is 46.6 Å². The fraction of sp³-hybridized carbons (Fsp3) is 0.476. The number of Topliss-reactive ketones (excluding diaryl/α,β-unsaturated/α-hetero) is 1. The number of aliphatic hydroxyl groups excluding tert-OH is 1. The zero-order valence-corrected chi connectivity index (χ0v) is 15.9. The van der Waals surface area contributed by atoms with Crippen LogP contribution in [0.25, 0.3) is 0 Å². The summed E-state index contributed by atoms with van der Waals surface area (Å²) in [7, 11) is 1.29. The first-order chi connectivity index (χ1) is 12.3. The molecule has 2 rings (SSSR count). The second-order valence-corrected chi connectivity index (χ2v) is 7.30. The van der Waals surface area contributed by atoms with E-state index in [0.717, 1.165) is 12.0 Å². The third-order valence-corrected chi connectivity index (χ3v) is 4.71. The smallest absolute Gasteiger partial charge is 0.316 e. The van der Waals surface area contributed by atoms with Crippen LogP contribution in [0.5, 0.6) is 0 Å². The van der Waals surface area contributed by atoms with Gasteiger partial charge in [0.25, 0.3) is 0 Å². The maximum Gasteiger partial charge on any atom is 0.316 e. The molecule has 26 heavy (non-hydrogen) atoms. The van der Waals surface area contributed by atoms with Gasteiger partial charge >= 0.3 is 5.97 Å². The van der Waals surface area contributed by atoms with E-state index in [1.54, 1.807) is 13.8 Å². The molecular formula is C21H27NO4. The molecule has 1 aliphatic carbocycles. The van der Waals surface area contributed by atoms with Crippen molar-refractivity contribution in [1.29, 1.82) is 0 Å². The molecule has 0 aliphatic heterocycles. The largest absolute Gasteiger partial charge is 0.511 e. The molecule has 140 valence electrons. The molecule has 5 nitrogen and oxygen atoms in total. The van der Waals surface area contributed by atoms with Gasteiger partial charge in [-0.1, -0.05) is 57.5 Å². The highest BCUT2D eigenvalue weighted by Gasteiger charge is 2.47. The fourth-order valence-corrected chi connectivity index (χ4v) is 3.41. The average molecular weight is 357 g/mol. The number of aliphatic imine (C=N–C) groups is 1. The van der Waals surface area contributed by atoms with Crippen LogP contribution in [0.2, 0.25) is 0 Å². The number of methoxy groups -OCH3 is 1. The molecule has 0 unspecified atom stereocenters. The second kappa shape index (κ2) is 8.30. The summed E-state index contributed by atoms with van der Waals surface area (Å²) in [5.41, 5.74) is 1.07. The van der Waals surface area contributed by atoms with Gasteiger partial charge in [-0.2, -0.15) is 0 Å². The molecule has 0 saturated heterocycles. The lowest BCUT2D eigenvalue weighted by atomic mass is 9.67. The van der Waals surface area contributed by atoms with E-state index >= 15 is 0 Å². The zero-order chi connectivity index (χ0) is 19.3. The topological polar surface area (TPSA) is 76.0 Å². The van der Waals surface area contributed by atoms with Crippen molar-refractivity contribution in [2.75, 3.05) is 7.11 Å². The van der Waals surface area contributed by atoms with E-state index in [-0.39, 0.29) is 23.5 Å². The van der Waals surface area contributed by atoms with E-state index in [0.29, 0.717) is 18.7 Å². The summed E-state index contributed by atoms with van der Waals surface area (Å²) in [6, 6.07) is 9.72. The van der Waals surface area contributed by atoms with Crippen LogP contribution >= 0.6 is 0 Å². The SMILES string of the molecule is CCCC(=NCc1ccccc1)C1=C(O)[C@@H](C(=O)OC)C(C)(C)CC1=O. The molecule has 0 radical (unpaired) electrons. The molecule has 0 fully saturated rings. The lowest BCUT2D eigenvalue weighted by Gasteiger charge is -2.36. The summed E-state index contributed by atoms with van der Waals surface area (Å²) < 4.78 is 4.86. The first-order valence-electron chi connectivity index (χ1n) is 8.93. The Balaban J connectivity index is 2.47. The quantitative estimate of drug-likeness (QED) is 0.616. The number of nitrogens with zero attached hydrogens (tertiary/aromatic N) is 1. The molecule has 1 atom stereocenters. The number of esters is 1. The van der Waals surface area contributed by atoms with E-state index in [9.17, 15) is 14.7 Å². The Kier molecular flexibility index (Phi) is 6.35. The molecule has 0 amide bonds. The van der Waals surface area contributed by atoms with Crippen molar-refractivity contribution in [3.8, 4) is 0 Å². The molecule has 5 heteroatoms. The number of allylic oxidation sites excluding steroid dienone is 1. The first kappa shape index (κ1) is 19.9. The van der Waals surface area contributed by atoms with E-state index in [1.807, 2.05) is 37.3 Å². The van der Waals surface area contributed by atoms with E-state index in [1.165, 1.54) is 7.11 Å². The number of carbonyl (C=O) groups is 2. The summed E-state index contributed by atoms with van der Waals surface area (Å²) in [5.74, 6) is -1.78. The molecular weight excluding hydrogens is 330 g/mol. The molecule has 0 bridgehead atoms. The Labute approximate surface area is 154 Å². The molecule has 0 spiro atoms. The number of hydrogen-bond donors (Lipinski definition) is 1.